The molecule has 0 bridgehead atoms. The van der Waals surface area contributed by atoms with Crippen molar-refractivity contribution in [3.05, 3.63) is 0 Å². The van der Waals surface area contributed by atoms with Crippen molar-refractivity contribution < 1.29 is 67.2 Å². The van der Waals surface area contributed by atoms with Crippen LogP contribution in [0.25, 0.3) is 0 Å². The fraction of sp³-hybridized carbons (Fsp3) is 0.870. The molecule has 224 valence electrons. The van der Waals surface area contributed by atoms with Crippen molar-refractivity contribution in [2.75, 3.05) is 125 Å². The van der Waals surface area contributed by atoms with Crippen LogP contribution in [0.2, 0.25) is 0 Å². The molecule has 0 aromatic rings. The van der Waals surface area contributed by atoms with Gasteiger partial charge in [-0.15, -0.1) is 0 Å². The Morgan fingerprint density at radius 3 is 1.11 bits per heavy atom. The monoisotopic (exact) mass is 557 g/mol. The van der Waals surface area contributed by atoms with Crippen LogP contribution < -0.4 is 5.32 Å². The molecule has 1 amide bonds. The quantitative estimate of drug-likeness (QED) is 0.0864. The highest BCUT2D eigenvalue weighted by Crippen LogP contribution is 1.87. The van der Waals surface area contributed by atoms with Gasteiger partial charge in [0.25, 0.3) is 0 Å². The predicted molar refractivity (Wildman–Crippen MR) is 130 cm³/mol. The summed E-state index contributed by atoms with van der Waals surface area (Å²) in [5.74, 6) is -2.41. The van der Waals surface area contributed by atoms with E-state index in [4.69, 9.17) is 48.1 Å². The summed E-state index contributed by atoms with van der Waals surface area (Å²) < 4.78 is 47.2. The highest BCUT2D eigenvalue weighted by atomic mass is 16.6. The number of hydrogen-bond donors (Lipinski definition) is 3. The van der Waals surface area contributed by atoms with Crippen LogP contribution in [-0.2, 0) is 57.0 Å². The van der Waals surface area contributed by atoms with Crippen LogP contribution in [0.15, 0.2) is 0 Å². The molecule has 0 aromatic heterocycles. The van der Waals surface area contributed by atoms with Crippen LogP contribution in [-0.4, -0.2) is 154 Å². The van der Waals surface area contributed by atoms with Crippen LogP contribution >= 0.6 is 0 Å². The minimum Gasteiger partial charge on any atom is -0.481 e. The third-order valence-corrected chi connectivity index (χ3v) is 4.09. The van der Waals surface area contributed by atoms with Gasteiger partial charge in [0, 0.05) is 6.54 Å². The number of hydrogen-bond acceptors (Lipinski definition) is 12. The Hall–Kier alpha value is -1.95. The van der Waals surface area contributed by atoms with E-state index in [1.54, 1.807) is 0 Å². The molecule has 15 nitrogen and oxygen atoms in total. The highest BCUT2D eigenvalue weighted by Gasteiger charge is 2.03. The number of nitrogens with one attached hydrogen (secondary N) is 1. The number of ether oxygens (including phenoxy) is 9. The first-order chi connectivity index (χ1) is 18.5. The zero-order valence-corrected chi connectivity index (χ0v) is 21.9. The summed E-state index contributed by atoms with van der Waals surface area (Å²) in [6, 6.07) is 0. The molecule has 15 heteroatoms. The fourth-order valence-electron chi connectivity index (χ4n) is 2.35. The van der Waals surface area contributed by atoms with Crippen LogP contribution in [0.3, 0.4) is 0 Å². The summed E-state index contributed by atoms with van der Waals surface area (Å²) in [5.41, 5.74) is 0. The molecule has 0 fully saturated rings. The van der Waals surface area contributed by atoms with Gasteiger partial charge in [-0.2, -0.15) is 0 Å². The molecule has 0 aliphatic carbocycles. The van der Waals surface area contributed by atoms with Gasteiger partial charge in [0.05, 0.1) is 112 Å². The van der Waals surface area contributed by atoms with Crippen molar-refractivity contribution in [2.45, 2.75) is 6.42 Å². The minimum atomic E-state index is -1.13. The lowest BCUT2D eigenvalue weighted by Gasteiger charge is -2.09. The second-order valence-corrected chi connectivity index (χ2v) is 7.28. The van der Waals surface area contributed by atoms with E-state index in [9.17, 15) is 14.4 Å². The maximum absolute atomic E-state index is 11.3. The van der Waals surface area contributed by atoms with Crippen molar-refractivity contribution in [3.8, 4) is 0 Å². The number of aliphatic carboxylic acids is 2. The lowest BCUT2D eigenvalue weighted by molar-refractivity contribution is -0.143. The van der Waals surface area contributed by atoms with E-state index in [1.165, 1.54) is 0 Å². The van der Waals surface area contributed by atoms with Gasteiger partial charge in [-0.25, -0.2) is 4.79 Å². The van der Waals surface area contributed by atoms with Gasteiger partial charge in [-0.3, -0.25) is 9.59 Å². The first kappa shape index (κ1) is 36.0. The normalized spacial score (nSPS) is 11.1. The molecule has 0 spiro atoms. The second-order valence-electron chi connectivity index (χ2n) is 7.28. The van der Waals surface area contributed by atoms with Gasteiger partial charge < -0.3 is 58.2 Å². The molecule has 0 saturated carbocycles. The Morgan fingerprint density at radius 2 is 0.763 bits per heavy atom. The number of carboxylic acids is 2. The third-order valence-electron chi connectivity index (χ3n) is 4.09. The zero-order chi connectivity index (χ0) is 27.9. The van der Waals surface area contributed by atoms with Gasteiger partial charge >= 0.3 is 11.9 Å². The van der Waals surface area contributed by atoms with E-state index < -0.39 is 24.5 Å². The van der Waals surface area contributed by atoms with Crippen molar-refractivity contribution >= 4 is 17.8 Å². The Bertz CT molecular complexity index is 566. The first-order valence-corrected chi connectivity index (χ1v) is 12.4. The molecule has 0 atom stereocenters. The Kier molecular flexibility index (Phi) is 28.1. The van der Waals surface area contributed by atoms with E-state index in [0.29, 0.717) is 106 Å². The molecular weight excluding hydrogens is 514 g/mol. The van der Waals surface area contributed by atoms with Crippen molar-refractivity contribution in [3.63, 3.8) is 0 Å². The summed E-state index contributed by atoms with van der Waals surface area (Å²) in [4.78, 5) is 31.9. The maximum Gasteiger partial charge on any atom is 0.329 e. The summed E-state index contributed by atoms with van der Waals surface area (Å²) in [5, 5.41) is 19.4. The van der Waals surface area contributed by atoms with E-state index >= 15 is 0 Å². The summed E-state index contributed by atoms with van der Waals surface area (Å²) in [6.45, 7) is 5.95. The Labute approximate surface area is 222 Å². The van der Waals surface area contributed by atoms with Gasteiger partial charge in [0.1, 0.15) is 13.2 Å². The van der Waals surface area contributed by atoms with E-state index in [0.717, 1.165) is 0 Å². The number of carbonyl (C=O) groups is 3. The number of rotatable bonds is 31. The second kappa shape index (κ2) is 29.6. The summed E-state index contributed by atoms with van der Waals surface area (Å²) >= 11 is 0. The number of amides is 1. The lowest BCUT2D eigenvalue weighted by atomic mass is 10.5. The average Bonchev–Trinajstić information content (AvgIpc) is 2.87. The molecule has 0 unspecified atom stereocenters. The summed E-state index contributed by atoms with van der Waals surface area (Å²) in [7, 11) is 0. The molecule has 0 radical (unpaired) electrons. The van der Waals surface area contributed by atoms with Gasteiger partial charge in [0.2, 0.25) is 5.91 Å². The summed E-state index contributed by atoms with van der Waals surface area (Å²) in [6.07, 6.45) is -0.0119. The number of carboxylic acid groups (broad SMARTS) is 2. The van der Waals surface area contributed by atoms with E-state index in [2.05, 4.69) is 10.1 Å². The Balaban J connectivity index is 3.10. The molecule has 38 heavy (non-hydrogen) atoms. The van der Waals surface area contributed by atoms with Gasteiger partial charge in [0.15, 0.2) is 0 Å². The average molecular weight is 558 g/mol. The molecule has 0 saturated heterocycles. The molecule has 0 aliphatic heterocycles. The molecule has 0 rings (SSSR count). The van der Waals surface area contributed by atoms with Crippen molar-refractivity contribution in [2.24, 2.45) is 0 Å². The van der Waals surface area contributed by atoms with Gasteiger partial charge in [-0.05, 0) is 0 Å². The van der Waals surface area contributed by atoms with Gasteiger partial charge in [-0.1, -0.05) is 0 Å². The van der Waals surface area contributed by atoms with Crippen LogP contribution in [0.5, 0.6) is 0 Å². The first-order valence-electron chi connectivity index (χ1n) is 12.4. The van der Waals surface area contributed by atoms with Crippen LogP contribution in [0.4, 0.5) is 0 Å². The molecular formula is C23H43NO14. The SMILES string of the molecule is O=C(O)CCOCCOCCOCCOCCOCCOCCOCCOCCNC(=O)COCC(=O)O. The predicted octanol–water partition coefficient (Wildman–Crippen LogP) is -1.19. The molecule has 3 N–H and O–H groups in total. The fourth-order valence-corrected chi connectivity index (χ4v) is 2.35. The molecule has 0 heterocycles. The molecule has 0 aromatic carbocycles. The topological polar surface area (TPSA) is 187 Å². The van der Waals surface area contributed by atoms with Crippen LogP contribution in [0.1, 0.15) is 6.42 Å². The molecule has 0 aliphatic rings. The maximum atomic E-state index is 11.3. The van der Waals surface area contributed by atoms with E-state index in [1.807, 2.05) is 0 Å². The van der Waals surface area contributed by atoms with E-state index in [-0.39, 0.29) is 19.6 Å². The van der Waals surface area contributed by atoms with Crippen molar-refractivity contribution in [1.82, 2.24) is 5.32 Å². The smallest absolute Gasteiger partial charge is 0.329 e. The standard InChI is InChI=1S/C23H43NO14/c25-21(19-38-20-23(28)29)24-2-4-31-6-8-33-10-12-35-14-16-37-18-17-36-15-13-34-11-9-32-7-5-30-3-1-22(26)27/h1-20H2,(H,24,25)(H,26,27)(H,28,29). The lowest BCUT2D eigenvalue weighted by Crippen LogP contribution is -2.31. The minimum absolute atomic E-state index is 0.0119. The third kappa shape index (κ3) is 32.1. The number of carbonyl (C=O) groups excluding carboxylic acids is 1. The van der Waals surface area contributed by atoms with Crippen LogP contribution in [0, 0.1) is 0 Å². The zero-order valence-electron chi connectivity index (χ0n) is 21.9. The Morgan fingerprint density at radius 1 is 0.421 bits per heavy atom. The largest absolute Gasteiger partial charge is 0.481 e. The highest BCUT2D eigenvalue weighted by molar-refractivity contribution is 5.77. The van der Waals surface area contributed by atoms with Crippen molar-refractivity contribution in [1.29, 1.82) is 0 Å².